The summed E-state index contributed by atoms with van der Waals surface area (Å²) in [6, 6.07) is 13.5. The molecule has 3 nitrogen and oxygen atoms in total. The normalized spacial score (nSPS) is 12.3. The number of hydrogen-bond acceptors (Lipinski definition) is 2. The van der Waals surface area contributed by atoms with E-state index in [0.717, 1.165) is 17.2 Å². The highest BCUT2D eigenvalue weighted by Crippen LogP contribution is 2.18. The summed E-state index contributed by atoms with van der Waals surface area (Å²) in [7, 11) is 0. The lowest BCUT2D eigenvalue weighted by Crippen LogP contribution is -2.32. The van der Waals surface area contributed by atoms with Crippen molar-refractivity contribution in [2.24, 2.45) is 0 Å². The van der Waals surface area contributed by atoms with Crippen molar-refractivity contribution in [1.82, 2.24) is 5.32 Å². The van der Waals surface area contributed by atoms with Gasteiger partial charge in [-0.3, -0.25) is 4.79 Å². The number of nitrogens with one attached hydrogen (secondary N) is 1. The summed E-state index contributed by atoms with van der Waals surface area (Å²) in [5.41, 5.74) is 0.654. The Morgan fingerprint density at radius 3 is 2.74 bits per heavy atom. The SMILES string of the molecule is CCCC(O)CNC(=O)c1cccc2ccccc12. The zero-order valence-corrected chi connectivity index (χ0v) is 11.1. The molecule has 0 spiro atoms. The molecular weight excluding hydrogens is 238 g/mol. The number of aliphatic hydroxyl groups excluding tert-OH is 1. The first-order chi connectivity index (χ1) is 9.22. The van der Waals surface area contributed by atoms with Gasteiger partial charge in [-0.15, -0.1) is 0 Å². The van der Waals surface area contributed by atoms with Gasteiger partial charge in [-0.05, 0) is 23.3 Å². The van der Waals surface area contributed by atoms with Crippen molar-refractivity contribution >= 4 is 16.7 Å². The van der Waals surface area contributed by atoms with E-state index in [1.54, 1.807) is 0 Å². The van der Waals surface area contributed by atoms with Crippen molar-refractivity contribution in [2.75, 3.05) is 6.54 Å². The molecule has 0 aliphatic carbocycles. The Kier molecular flexibility index (Phi) is 4.53. The van der Waals surface area contributed by atoms with Crippen molar-refractivity contribution in [3.63, 3.8) is 0 Å². The summed E-state index contributed by atoms with van der Waals surface area (Å²) in [6.07, 6.45) is 1.14. The maximum Gasteiger partial charge on any atom is 0.252 e. The van der Waals surface area contributed by atoms with Gasteiger partial charge < -0.3 is 10.4 Å². The van der Waals surface area contributed by atoms with Crippen LogP contribution in [-0.2, 0) is 0 Å². The summed E-state index contributed by atoms with van der Waals surface area (Å²) in [5.74, 6) is -0.132. The average molecular weight is 257 g/mol. The third-order valence-electron chi connectivity index (χ3n) is 3.15. The van der Waals surface area contributed by atoms with Crippen LogP contribution in [0.1, 0.15) is 30.1 Å². The van der Waals surface area contributed by atoms with Gasteiger partial charge in [0.1, 0.15) is 0 Å². The first kappa shape index (κ1) is 13.6. The summed E-state index contributed by atoms with van der Waals surface area (Å²) >= 11 is 0. The molecule has 0 radical (unpaired) electrons. The van der Waals surface area contributed by atoms with E-state index in [1.165, 1.54) is 0 Å². The van der Waals surface area contributed by atoms with Gasteiger partial charge in [-0.2, -0.15) is 0 Å². The average Bonchev–Trinajstić information content (AvgIpc) is 2.44. The van der Waals surface area contributed by atoms with Gasteiger partial charge in [0.05, 0.1) is 6.10 Å². The number of benzene rings is 2. The fraction of sp³-hybridized carbons (Fsp3) is 0.312. The van der Waals surface area contributed by atoms with Crippen LogP contribution in [0.15, 0.2) is 42.5 Å². The number of carbonyl (C=O) groups excluding carboxylic acids is 1. The van der Waals surface area contributed by atoms with E-state index in [0.29, 0.717) is 18.5 Å². The summed E-state index contributed by atoms with van der Waals surface area (Å²) in [5, 5.41) is 14.4. The lowest BCUT2D eigenvalue weighted by atomic mass is 10.0. The van der Waals surface area contributed by atoms with Gasteiger partial charge in [0, 0.05) is 12.1 Å². The molecule has 0 aromatic heterocycles. The highest BCUT2D eigenvalue weighted by molar-refractivity contribution is 6.06. The molecule has 2 aromatic rings. The summed E-state index contributed by atoms with van der Waals surface area (Å²) < 4.78 is 0. The molecule has 0 aliphatic heterocycles. The third kappa shape index (κ3) is 3.32. The maximum atomic E-state index is 12.1. The fourth-order valence-electron chi connectivity index (χ4n) is 2.16. The number of carbonyl (C=O) groups is 1. The van der Waals surface area contributed by atoms with E-state index >= 15 is 0 Å². The second-order valence-electron chi connectivity index (χ2n) is 4.68. The largest absolute Gasteiger partial charge is 0.391 e. The Morgan fingerprint density at radius 2 is 1.95 bits per heavy atom. The van der Waals surface area contributed by atoms with Crippen LogP contribution >= 0.6 is 0 Å². The van der Waals surface area contributed by atoms with Gasteiger partial charge in [0.15, 0.2) is 0 Å². The molecule has 100 valence electrons. The van der Waals surface area contributed by atoms with Crippen LogP contribution in [0.2, 0.25) is 0 Å². The van der Waals surface area contributed by atoms with Crippen molar-refractivity contribution in [1.29, 1.82) is 0 Å². The summed E-state index contributed by atoms with van der Waals surface area (Å²) in [4.78, 5) is 12.1. The van der Waals surface area contributed by atoms with Crippen LogP contribution in [0.4, 0.5) is 0 Å². The van der Waals surface area contributed by atoms with Gasteiger partial charge in [-0.1, -0.05) is 49.7 Å². The molecule has 0 fully saturated rings. The van der Waals surface area contributed by atoms with Crippen molar-refractivity contribution in [3.05, 3.63) is 48.0 Å². The molecular formula is C16H19NO2. The van der Waals surface area contributed by atoms with Crippen molar-refractivity contribution < 1.29 is 9.90 Å². The Bertz CT molecular complexity index is 560. The molecule has 0 heterocycles. The monoisotopic (exact) mass is 257 g/mol. The van der Waals surface area contributed by atoms with Crippen LogP contribution in [-0.4, -0.2) is 23.7 Å². The molecule has 2 rings (SSSR count). The molecule has 0 bridgehead atoms. The molecule has 0 aliphatic rings. The molecule has 1 atom stereocenters. The first-order valence-corrected chi connectivity index (χ1v) is 6.66. The second kappa shape index (κ2) is 6.34. The molecule has 3 heteroatoms. The second-order valence-corrected chi connectivity index (χ2v) is 4.68. The predicted molar refractivity (Wildman–Crippen MR) is 77.2 cm³/mol. The topological polar surface area (TPSA) is 49.3 Å². The van der Waals surface area contributed by atoms with Gasteiger partial charge in [0.2, 0.25) is 0 Å². The minimum atomic E-state index is -0.469. The van der Waals surface area contributed by atoms with E-state index in [4.69, 9.17) is 0 Å². The van der Waals surface area contributed by atoms with E-state index in [1.807, 2.05) is 49.4 Å². The Labute approximate surface area is 113 Å². The zero-order valence-electron chi connectivity index (χ0n) is 11.1. The van der Waals surface area contributed by atoms with Crippen molar-refractivity contribution in [2.45, 2.75) is 25.9 Å². The number of rotatable bonds is 5. The minimum Gasteiger partial charge on any atom is -0.391 e. The lowest BCUT2D eigenvalue weighted by Gasteiger charge is -2.11. The Hall–Kier alpha value is -1.87. The lowest BCUT2D eigenvalue weighted by molar-refractivity contribution is 0.0912. The van der Waals surface area contributed by atoms with E-state index in [2.05, 4.69) is 5.32 Å². The van der Waals surface area contributed by atoms with E-state index in [-0.39, 0.29) is 5.91 Å². The first-order valence-electron chi connectivity index (χ1n) is 6.66. The molecule has 1 amide bonds. The highest BCUT2D eigenvalue weighted by Gasteiger charge is 2.10. The number of amides is 1. The fourth-order valence-corrected chi connectivity index (χ4v) is 2.16. The Balaban J connectivity index is 2.13. The van der Waals surface area contributed by atoms with Crippen LogP contribution in [0.3, 0.4) is 0 Å². The quantitative estimate of drug-likeness (QED) is 0.865. The maximum absolute atomic E-state index is 12.1. The summed E-state index contributed by atoms with van der Waals surface area (Å²) in [6.45, 7) is 2.31. The van der Waals surface area contributed by atoms with Crippen molar-refractivity contribution in [3.8, 4) is 0 Å². The molecule has 2 aromatic carbocycles. The van der Waals surface area contributed by atoms with Gasteiger partial charge >= 0.3 is 0 Å². The van der Waals surface area contributed by atoms with Gasteiger partial charge in [-0.25, -0.2) is 0 Å². The van der Waals surface area contributed by atoms with Gasteiger partial charge in [0.25, 0.3) is 5.91 Å². The van der Waals surface area contributed by atoms with Crippen LogP contribution in [0.25, 0.3) is 10.8 Å². The third-order valence-corrected chi connectivity index (χ3v) is 3.15. The van der Waals surface area contributed by atoms with Crippen LogP contribution in [0.5, 0.6) is 0 Å². The molecule has 0 saturated heterocycles. The smallest absolute Gasteiger partial charge is 0.252 e. The number of fused-ring (bicyclic) bond motifs is 1. The molecule has 1 unspecified atom stereocenters. The highest BCUT2D eigenvalue weighted by atomic mass is 16.3. The standard InChI is InChI=1S/C16H19NO2/c1-2-6-13(18)11-17-16(19)15-10-5-8-12-7-3-4-9-14(12)15/h3-5,7-10,13,18H,2,6,11H2,1H3,(H,17,19). The molecule has 0 saturated carbocycles. The van der Waals surface area contributed by atoms with E-state index < -0.39 is 6.10 Å². The Morgan fingerprint density at radius 1 is 1.21 bits per heavy atom. The number of hydrogen-bond donors (Lipinski definition) is 2. The zero-order chi connectivity index (χ0) is 13.7. The predicted octanol–water partition coefficient (Wildman–Crippen LogP) is 2.73. The molecule has 19 heavy (non-hydrogen) atoms. The minimum absolute atomic E-state index is 0.132. The number of aliphatic hydroxyl groups is 1. The molecule has 2 N–H and O–H groups in total. The van der Waals surface area contributed by atoms with Crippen LogP contribution < -0.4 is 5.32 Å². The van der Waals surface area contributed by atoms with Crippen LogP contribution in [0, 0.1) is 0 Å². The van der Waals surface area contributed by atoms with E-state index in [9.17, 15) is 9.90 Å².